The standard InChI is InChI=1S/C23H29N3.C3H8.C2H6.H2/c1-7-18(15-24-6)19-12-10-11-16(4)22(13-19)21(9-3)23-14-20(8-2)25-17(5)26-23;1-3-2;1-2;/h7,9-10,12-15H,8,11H2,1-6H3;3H2,1-2H3;1-2H3;1H/b18-7+,21-9+,24-15?;;;. The number of nitrogens with zero attached hydrogens (tertiary/aromatic N) is 3. The topological polar surface area (TPSA) is 38.1 Å². The highest BCUT2D eigenvalue weighted by Crippen LogP contribution is 2.31. The Morgan fingerprint density at radius 1 is 1.10 bits per heavy atom. The minimum atomic E-state index is 0. The van der Waals surface area contributed by atoms with Crippen molar-refractivity contribution in [2.75, 3.05) is 7.05 Å². The molecule has 3 heteroatoms. The number of hydrogen-bond donors (Lipinski definition) is 0. The molecule has 0 saturated carbocycles. The first-order valence-corrected chi connectivity index (χ1v) is 11.6. The van der Waals surface area contributed by atoms with Gasteiger partial charge in [-0.05, 0) is 69.4 Å². The molecule has 0 bridgehead atoms. The average Bonchev–Trinajstić information content (AvgIpc) is 2.96. The molecule has 1 aliphatic rings. The maximum Gasteiger partial charge on any atom is 0.126 e. The Hall–Kier alpha value is -2.55. The third kappa shape index (κ3) is 9.00. The van der Waals surface area contributed by atoms with Crippen LogP contribution in [0.25, 0.3) is 5.57 Å². The SMILES string of the molecule is C/C=C(\C=NC)C1=CC(/C(=C\C)c2cc(CC)nc(C)n2)=C(C)CC=C1.CC.CCC.[HH]. The zero-order valence-corrected chi connectivity index (χ0v) is 21.5. The molecule has 0 amide bonds. The van der Waals surface area contributed by atoms with Crippen LogP contribution in [0.3, 0.4) is 0 Å². The van der Waals surface area contributed by atoms with Gasteiger partial charge in [0, 0.05) is 26.0 Å². The van der Waals surface area contributed by atoms with E-state index in [1.807, 2.05) is 33.9 Å². The molecule has 0 N–H and O–H groups in total. The molecule has 3 nitrogen and oxygen atoms in total. The molecule has 31 heavy (non-hydrogen) atoms. The normalized spacial score (nSPS) is 14.5. The van der Waals surface area contributed by atoms with E-state index in [9.17, 15) is 0 Å². The van der Waals surface area contributed by atoms with Crippen molar-refractivity contribution < 1.29 is 1.43 Å². The van der Waals surface area contributed by atoms with Crippen molar-refractivity contribution in [3.8, 4) is 0 Å². The van der Waals surface area contributed by atoms with E-state index in [2.05, 4.69) is 81.0 Å². The number of aryl methyl sites for hydroxylation is 2. The van der Waals surface area contributed by atoms with Crippen molar-refractivity contribution in [1.29, 1.82) is 0 Å². The van der Waals surface area contributed by atoms with Gasteiger partial charge in [-0.25, -0.2) is 9.97 Å². The molecule has 0 spiro atoms. The second kappa shape index (κ2) is 16.2. The molecule has 1 aromatic heterocycles. The van der Waals surface area contributed by atoms with Crippen LogP contribution in [0.4, 0.5) is 0 Å². The summed E-state index contributed by atoms with van der Waals surface area (Å²) in [5, 5.41) is 0. The molecule has 0 unspecified atom stereocenters. The van der Waals surface area contributed by atoms with Crippen LogP contribution in [0.15, 0.2) is 63.7 Å². The van der Waals surface area contributed by atoms with E-state index >= 15 is 0 Å². The Labute approximate surface area is 193 Å². The predicted molar refractivity (Wildman–Crippen MR) is 142 cm³/mol. The molecule has 0 fully saturated rings. The first kappa shape index (κ1) is 28.5. The molecule has 0 radical (unpaired) electrons. The van der Waals surface area contributed by atoms with Crippen molar-refractivity contribution in [2.45, 2.75) is 81.6 Å². The fraction of sp³-hybridized carbons (Fsp3) is 0.464. The highest BCUT2D eigenvalue weighted by atomic mass is 14.9. The number of aromatic nitrogens is 2. The van der Waals surface area contributed by atoms with E-state index in [0.29, 0.717) is 0 Å². The van der Waals surface area contributed by atoms with Gasteiger partial charge in [0.2, 0.25) is 0 Å². The Morgan fingerprint density at radius 3 is 2.26 bits per heavy atom. The van der Waals surface area contributed by atoms with E-state index in [1.54, 1.807) is 7.05 Å². The summed E-state index contributed by atoms with van der Waals surface area (Å²) in [5.74, 6) is 0.820. The molecule has 0 saturated heterocycles. The van der Waals surface area contributed by atoms with Gasteiger partial charge >= 0.3 is 0 Å². The summed E-state index contributed by atoms with van der Waals surface area (Å²) < 4.78 is 0. The largest absolute Gasteiger partial charge is 0.296 e. The molecular formula is C28H45N3. The van der Waals surface area contributed by atoms with Gasteiger partial charge in [0.15, 0.2) is 0 Å². The molecule has 0 aromatic carbocycles. The van der Waals surface area contributed by atoms with Crippen LogP contribution in [0.1, 0.15) is 86.9 Å². The van der Waals surface area contributed by atoms with E-state index < -0.39 is 0 Å². The molecule has 1 aliphatic carbocycles. The Kier molecular flexibility index (Phi) is 14.9. The van der Waals surface area contributed by atoms with Crippen LogP contribution < -0.4 is 0 Å². The van der Waals surface area contributed by atoms with Gasteiger partial charge in [0.05, 0.1) is 5.69 Å². The van der Waals surface area contributed by atoms with Crippen molar-refractivity contribution in [3.63, 3.8) is 0 Å². The summed E-state index contributed by atoms with van der Waals surface area (Å²) in [6.07, 6.45) is 15.9. The summed E-state index contributed by atoms with van der Waals surface area (Å²) in [6, 6.07) is 2.11. The first-order valence-electron chi connectivity index (χ1n) is 11.6. The van der Waals surface area contributed by atoms with Crippen LogP contribution in [-0.4, -0.2) is 23.2 Å². The average molecular weight is 424 g/mol. The van der Waals surface area contributed by atoms with Crippen molar-refractivity contribution >= 4 is 11.8 Å². The molecule has 1 heterocycles. The van der Waals surface area contributed by atoms with Crippen LogP contribution in [0, 0.1) is 6.92 Å². The predicted octanol–water partition coefficient (Wildman–Crippen LogP) is 8.29. The monoisotopic (exact) mass is 423 g/mol. The van der Waals surface area contributed by atoms with E-state index in [4.69, 9.17) is 4.98 Å². The van der Waals surface area contributed by atoms with Crippen molar-refractivity contribution in [1.82, 2.24) is 9.97 Å². The number of rotatable bonds is 5. The fourth-order valence-electron chi connectivity index (χ4n) is 3.13. The molecule has 0 aliphatic heterocycles. The van der Waals surface area contributed by atoms with Gasteiger partial charge in [-0.1, -0.05) is 70.9 Å². The maximum atomic E-state index is 4.72. The summed E-state index contributed by atoms with van der Waals surface area (Å²) in [7, 11) is 1.81. The molecule has 2 rings (SSSR count). The molecule has 1 aromatic rings. The summed E-state index contributed by atoms with van der Waals surface area (Å²) in [5.41, 5.74) is 8.10. The van der Waals surface area contributed by atoms with Gasteiger partial charge < -0.3 is 0 Å². The lowest BCUT2D eigenvalue weighted by Gasteiger charge is -2.14. The Morgan fingerprint density at radius 2 is 1.74 bits per heavy atom. The first-order chi connectivity index (χ1) is 14.9. The Bertz CT molecular complexity index is 869. The second-order valence-corrected chi connectivity index (χ2v) is 7.09. The number of hydrogen-bond acceptors (Lipinski definition) is 3. The lowest BCUT2D eigenvalue weighted by Crippen LogP contribution is -2.02. The molecule has 0 atom stereocenters. The third-order valence-electron chi connectivity index (χ3n) is 4.50. The number of allylic oxidation sites excluding steroid dienone is 10. The van der Waals surface area contributed by atoms with Crippen LogP contribution in [0.5, 0.6) is 0 Å². The van der Waals surface area contributed by atoms with Crippen molar-refractivity contribution in [2.24, 2.45) is 4.99 Å². The van der Waals surface area contributed by atoms with Gasteiger partial charge in [-0.2, -0.15) is 0 Å². The summed E-state index contributed by atoms with van der Waals surface area (Å²) in [4.78, 5) is 13.4. The molecule has 172 valence electrons. The van der Waals surface area contributed by atoms with Gasteiger partial charge in [-0.3, -0.25) is 4.99 Å². The highest BCUT2D eigenvalue weighted by Gasteiger charge is 2.15. The fourth-order valence-corrected chi connectivity index (χ4v) is 3.13. The van der Waals surface area contributed by atoms with E-state index in [0.717, 1.165) is 41.2 Å². The van der Waals surface area contributed by atoms with Crippen molar-refractivity contribution in [3.05, 3.63) is 76.0 Å². The van der Waals surface area contributed by atoms with E-state index in [1.165, 1.54) is 23.1 Å². The third-order valence-corrected chi connectivity index (χ3v) is 4.50. The summed E-state index contributed by atoms with van der Waals surface area (Å²) in [6.45, 7) is 18.7. The highest BCUT2D eigenvalue weighted by molar-refractivity contribution is 5.88. The van der Waals surface area contributed by atoms with Gasteiger partial charge in [0.25, 0.3) is 0 Å². The maximum absolute atomic E-state index is 4.72. The van der Waals surface area contributed by atoms with Gasteiger partial charge in [-0.15, -0.1) is 0 Å². The second-order valence-electron chi connectivity index (χ2n) is 7.09. The number of aliphatic imine (C=N–C) groups is 1. The van der Waals surface area contributed by atoms with E-state index in [-0.39, 0.29) is 1.43 Å². The van der Waals surface area contributed by atoms with Crippen LogP contribution >= 0.6 is 0 Å². The minimum absolute atomic E-state index is 0. The van der Waals surface area contributed by atoms with Gasteiger partial charge in [0.1, 0.15) is 5.82 Å². The quantitative estimate of drug-likeness (QED) is 0.447. The lowest BCUT2D eigenvalue weighted by atomic mass is 9.93. The Balaban J connectivity index is 0. The zero-order chi connectivity index (χ0) is 23.8. The van der Waals surface area contributed by atoms with Crippen LogP contribution in [0.2, 0.25) is 0 Å². The summed E-state index contributed by atoms with van der Waals surface area (Å²) >= 11 is 0. The zero-order valence-electron chi connectivity index (χ0n) is 21.5. The smallest absolute Gasteiger partial charge is 0.126 e. The van der Waals surface area contributed by atoms with Crippen LogP contribution in [-0.2, 0) is 6.42 Å². The molecular weight excluding hydrogens is 378 g/mol. The lowest BCUT2D eigenvalue weighted by molar-refractivity contribution is 0.940. The minimum Gasteiger partial charge on any atom is -0.296 e.